The molecule has 1 N–H and O–H groups in total. The summed E-state index contributed by atoms with van der Waals surface area (Å²) in [6, 6.07) is 8.97. The molecule has 3 rings (SSSR count). The van der Waals surface area contributed by atoms with Crippen molar-refractivity contribution in [3.63, 3.8) is 0 Å². The molecule has 1 aromatic rings. The average molecular weight is 305 g/mol. The Bertz CT molecular complexity index is 561. The van der Waals surface area contributed by atoms with Gasteiger partial charge in [0.15, 0.2) is 0 Å². The van der Waals surface area contributed by atoms with Gasteiger partial charge in [0.1, 0.15) is 12.0 Å². The molecular formula is C16H19NO5. The van der Waals surface area contributed by atoms with E-state index in [0.29, 0.717) is 19.4 Å². The Morgan fingerprint density at radius 1 is 1.36 bits per heavy atom. The van der Waals surface area contributed by atoms with Crippen LogP contribution in [0.15, 0.2) is 30.3 Å². The van der Waals surface area contributed by atoms with Crippen molar-refractivity contribution in [1.29, 1.82) is 0 Å². The van der Waals surface area contributed by atoms with Crippen molar-refractivity contribution in [3.05, 3.63) is 35.9 Å². The lowest BCUT2D eigenvalue weighted by atomic mass is 9.75. The highest BCUT2D eigenvalue weighted by molar-refractivity contribution is 5.78. The first kappa shape index (κ1) is 14.8. The number of carboxylic acids is 1. The van der Waals surface area contributed by atoms with E-state index < -0.39 is 23.5 Å². The predicted octanol–water partition coefficient (Wildman–Crippen LogP) is 1.89. The van der Waals surface area contributed by atoms with Gasteiger partial charge in [-0.2, -0.15) is 0 Å². The standard InChI is InChI=1S/C16H19NO5/c18-14(19)16-7-4-8-17(13(16)10-21-11-16)15(20)22-9-12-5-2-1-3-6-12/h1-3,5-6,13H,4,7-11H2,(H,18,19)/t13-,16-/m1/s1. The summed E-state index contributed by atoms with van der Waals surface area (Å²) in [5, 5.41) is 9.55. The molecule has 118 valence electrons. The number of fused-ring (bicyclic) bond motifs is 1. The minimum atomic E-state index is -0.982. The van der Waals surface area contributed by atoms with Gasteiger partial charge in [-0.3, -0.25) is 4.79 Å². The Labute approximate surface area is 128 Å². The van der Waals surface area contributed by atoms with E-state index >= 15 is 0 Å². The normalized spacial score (nSPS) is 27.3. The van der Waals surface area contributed by atoms with E-state index in [1.54, 1.807) is 0 Å². The second-order valence-electron chi connectivity index (χ2n) is 5.83. The van der Waals surface area contributed by atoms with Crippen LogP contribution in [0.5, 0.6) is 0 Å². The van der Waals surface area contributed by atoms with E-state index in [0.717, 1.165) is 5.56 Å². The van der Waals surface area contributed by atoms with Crippen molar-refractivity contribution >= 4 is 12.1 Å². The number of ether oxygens (including phenoxy) is 2. The maximum Gasteiger partial charge on any atom is 0.410 e. The number of nitrogens with zero attached hydrogens (tertiary/aromatic N) is 1. The van der Waals surface area contributed by atoms with Crippen LogP contribution in [0, 0.1) is 5.41 Å². The molecule has 1 aromatic carbocycles. The number of benzene rings is 1. The lowest BCUT2D eigenvalue weighted by molar-refractivity contribution is -0.153. The van der Waals surface area contributed by atoms with Gasteiger partial charge in [0.2, 0.25) is 0 Å². The van der Waals surface area contributed by atoms with Crippen LogP contribution in [0.4, 0.5) is 4.79 Å². The molecular weight excluding hydrogens is 286 g/mol. The number of aliphatic carboxylic acids is 1. The molecule has 22 heavy (non-hydrogen) atoms. The first-order valence-electron chi connectivity index (χ1n) is 7.42. The van der Waals surface area contributed by atoms with Gasteiger partial charge in [-0.05, 0) is 18.4 Å². The number of likely N-dealkylation sites (tertiary alicyclic amines) is 1. The van der Waals surface area contributed by atoms with E-state index in [1.165, 1.54) is 4.90 Å². The molecule has 0 saturated carbocycles. The van der Waals surface area contributed by atoms with Crippen LogP contribution in [0.1, 0.15) is 18.4 Å². The maximum absolute atomic E-state index is 12.3. The lowest BCUT2D eigenvalue weighted by Crippen LogP contribution is -2.57. The minimum Gasteiger partial charge on any atom is -0.481 e. The lowest BCUT2D eigenvalue weighted by Gasteiger charge is -2.41. The van der Waals surface area contributed by atoms with Crippen molar-refractivity contribution in [3.8, 4) is 0 Å². The van der Waals surface area contributed by atoms with E-state index in [2.05, 4.69) is 0 Å². The third kappa shape index (κ3) is 2.54. The molecule has 0 unspecified atom stereocenters. The fourth-order valence-corrected chi connectivity index (χ4v) is 3.29. The summed E-state index contributed by atoms with van der Waals surface area (Å²) in [4.78, 5) is 25.5. The zero-order chi connectivity index (χ0) is 15.6. The molecule has 6 heteroatoms. The highest BCUT2D eigenvalue weighted by Crippen LogP contribution is 2.41. The summed E-state index contributed by atoms with van der Waals surface area (Å²) in [6.45, 7) is 1.11. The van der Waals surface area contributed by atoms with E-state index in [9.17, 15) is 14.7 Å². The zero-order valence-corrected chi connectivity index (χ0v) is 12.2. The zero-order valence-electron chi connectivity index (χ0n) is 12.2. The smallest absolute Gasteiger partial charge is 0.410 e. The van der Waals surface area contributed by atoms with Crippen molar-refractivity contribution in [2.75, 3.05) is 19.8 Å². The number of hydrogen-bond acceptors (Lipinski definition) is 4. The average Bonchev–Trinajstić information content (AvgIpc) is 2.99. The Morgan fingerprint density at radius 3 is 2.86 bits per heavy atom. The molecule has 2 aliphatic heterocycles. The number of amides is 1. The summed E-state index contributed by atoms with van der Waals surface area (Å²) in [6.07, 6.45) is 0.715. The van der Waals surface area contributed by atoms with Crippen molar-refractivity contribution in [2.45, 2.75) is 25.5 Å². The number of piperidine rings is 1. The van der Waals surface area contributed by atoms with Crippen LogP contribution in [0.3, 0.4) is 0 Å². The van der Waals surface area contributed by atoms with Crippen LogP contribution in [-0.2, 0) is 20.9 Å². The summed E-state index contributed by atoms with van der Waals surface area (Å²) in [5.74, 6) is -0.893. The van der Waals surface area contributed by atoms with Crippen molar-refractivity contribution in [2.24, 2.45) is 5.41 Å². The number of carbonyl (C=O) groups is 2. The predicted molar refractivity (Wildman–Crippen MR) is 77.2 cm³/mol. The van der Waals surface area contributed by atoms with Gasteiger partial charge in [0, 0.05) is 6.54 Å². The van der Waals surface area contributed by atoms with Crippen LogP contribution in [0.25, 0.3) is 0 Å². The molecule has 2 fully saturated rings. The topological polar surface area (TPSA) is 76.1 Å². The monoisotopic (exact) mass is 305 g/mol. The number of rotatable bonds is 3. The molecule has 0 bridgehead atoms. The van der Waals surface area contributed by atoms with Gasteiger partial charge in [0.05, 0.1) is 19.3 Å². The Hall–Kier alpha value is -2.08. The quantitative estimate of drug-likeness (QED) is 0.923. The van der Waals surface area contributed by atoms with E-state index in [4.69, 9.17) is 9.47 Å². The van der Waals surface area contributed by atoms with Crippen LogP contribution >= 0.6 is 0 Å². The van der Waals surface area contributed by atoms with Crippen molar-refractivity contribution < 1.29 is 24.2 Å². The Balaban J connectivity index is 1.68. The molecule has 0 spiro atoms. The molecule has 2 heterocycles. The Morgan fingerprint density at radius 2 is 2.14 bits per heavy atom. The third-order valence-corrected chi connectivity index (χ3v) is 4.54. The number of carbonyl (C=O) groups excluding carboxylic acids is 1. The fourth-order valence-electron chi connectivity index (χ4n) is 3.29. The van der Waals surface area contributed by atoms with E-state index in [-0.39, 0.29) is 19.8 Å². The molecule has 1 amide bonds. The molecule has 2 saturated heterocycles. The van der Waals surface area contributed by atoms with Gasteiger partial charge < -0.3 is 19.5 Å². The molecule has 2 aliphatic rings. The first-order valence-corrected chi connectivity index (χ1v) is 7.42. The summed E-state index contributed by atoms with van der Waals surface area (Å²) >= 11 is 0. The van der Waals surface area contributed by atoms with Gasteiger partial charge in [-0.15, -0.1) is 0 Å². The largest absolute Gasteiger partial charge is 0.481 e. The number of hydrogen-bond donors (Lipinski definition) is 1. The third-order valence-electron chi connectivity index (χ3n) is 4.54. The molecule has 0 aliphatic carbocycles. The highest BCUT2D eigenvalue weighted by atomic mass is 16.6. The second-order valence-corrected chi connectivity index (χ2v) is 5.83. The molecule has 6 nitrogen and oxygen atoms in total. The van der Waals surface area contributed by atoms with Crippen LogP contribution in [-0.4, -0.2) is 47.9 Å². The number of carboxylic acid groups (broad SMARTS) is 1. The summed E-state index contributed by atoms with van der Waals surface area (Å²) in [5.41, 5.74) is -0.0793. The van der Waals surface area contributed by atoms with E-state index in [1.807, 2.05) is 30.3 Å². The molecule has 2 atom stereocenters. The highest BCUT2D eigenvalue weighted by Gasteiger charge is 2.56. The maximum atomic E-state index is 12.3. The second kappa shape index (κ2) is 5.96. The first-order chi connectivity index (χ1) is 10.6. The minimum absolute atomic E-state index is 0.162. The van der Waals surface area contributed by atoms with Gasteiger partial charge in [0.25, 0.3) is 0 Å². The molecule has 0 radical (unpaired) electrons. The van der Waals surface area contributed by atoms with Crippen LogP contribution < -0.4 is 0 Å². The Kier molecular flexibility index (Phi) is 4.02. The van der Waals surface area contributed by atoms with Crippen molar-refractivity contribution in [1.82, 2.24) is 4.90 Å². The van der Waals surface area contributed by atoms with Gasteiger partial charge in [-0.1, -0.05) is 30.3 Å². The summed E-state index contributed by atoms with van der Waals surface area (Å²) in [7, 11) is 0. The van der Waals surface area contributed by atoms with Crippen LogP contribution in [0.2, 0.25) is 0 Å². The van der Waals surface area contributed by atoms with Gasteiger partial charge in [-0.25, -0.2) is 4.79 Å². The fraction of sp³-hybridized carbons (Fsp3) is 0.500. The van der Waals surface area contributed by atoms with Gasteiger partial charge >= 0.3 is 12.1 Å². The SMILES string of the molecule is O=C(OCc1ccccc1)N1CCC[C@@]2(C(=O)O)COC[C@@H]12. The molecule has 0 aromatic heterocycles. The summed E-state index contributed by atoms with van der Waals surface area (Å²) < 4.78 is 10.7.